The van der Waals surface area contributed by atoms with Gasteiger partial charge in [-0.2, -0.15) is 4.98 Å². The Hall–Kier alpha value is -2.90. The van der Waals surface area contributed by atoms with Gasteiger partial charge in [-0.25, -0.2) is 0 Å². The van der Waals surface area contributed by atoms with Crippen LogP contribution in [0, 0.1) is 0 Å². The first-order valence-electron chi connectivity index (χ1n) is 10.9. The Kier molecular flexibility index (Phi) is 7.39. The van der Waals surface area contributed by atoms with Crippen LogP contribution < -0.4 is 10.1 Å². The molecule has 0 saturated carbocycles. The third kappa shape index (κ3) is 5.47. The van der Waals surface area contributed by atoms with Gasteiger partial charge in [-0.05, 0) is 61.8 Å². The number of aryl methyl sites for hydroxylation is 1. The minimum absolute atomic E-state index is 0.0505. The largest absolute Gasteiger partial charge is 0.497 e. The molecule has 0 aliphatic carbocycles. The van der Waals surface area contributed by atoms with Crippen molar-refractivity contribution in [2.75, 3.05) is 26.7 Å². The van der Waals surface area contributed by atoms with Gasteiger partial charge < -0.3 is 14.6 Å². The van der Waals surface area contributed by atoms with Crippen molar-refractivity contribution in [2.24, 2.45) is 0 Å². The van der Waals surface area contributed by atoms with Gasteiger partial charge in [0.1, 0.15) is 5.75 Å². The van der Waals surface area contributed by atoms with E-state index in [1.807, 2.05) is 48.5 Å². The van der Waals surface area contributed by atoms with Crippen LogP contribution in [0.15, 0.2) is 53.1 Å². The minimum Gasteiger partial charge on any atom is -0.497 e. The second-order valence-corrected chi connectivity index (χ2v) is 8.23. The smallest absolute Gasteiger partial charge is 0.227 e. The van der Waals surface area contributed by atoms with Crippen LogP contribution in [0.25, 0.3) is 11.4 Å². The monoisotopic (exact) mass is 454 g/mol. The standard InChI is InChI=1S/C24H27ClN4O3/c1-31-18-10-8-17(9-11-18)24-27-23(32-28-24)13-12-22(30)26-16-21(29-14-4-5-15-29)19-6-2-3-7-20(19)25/h2-3,6-11,21H,4-5,12-16H2,1H3,(H,26,30). The SMILES string of the molecule is COc1ccc(-c2noc(CCC(=O)NCC(c3ccccc3Cl)N3CCCC3)n2)cc1. The van der Waals surface area contributed by atoms with Crippen molar-refractivity contribution >= 4 is 17.5 Å². The van der Waals surface area contributed by atoms with E-state index in [4.69, 9.17) is 20.9 Å². The molecule has 1 amide bonds. The van der Waals surface area contributed by atoms with Crippen LogP contribution in [0.5, 0.6) is 5.75 Å². The molecule has 1 aromatic heterocycles. The van der Waals surface area contributed by atoms with E-state index in [0.717, 1.165) is 35.0 Å². The van der Waals surface area contributed by atoms with Crippen molar-refractivity contribution in [1.29, 1.82) is 0 Å². The number of carbonyl (C=O) groups is 1. The zero-order valence-corrected chi connectivity index (χ0v) is 18.8. The lowest BCUT2D eigenvalue weighted by molar-refractivity contribution is -0.121. The maximum Gasteiger partial charge on any atom is 0.227 e. The molecule has 3 aromatic rings. The molecule has 1 atom stereocenters. The number of hydrogen-bond donors (Lipinski definition) is 1. The second-order valence-electron chi connectivity index (χ2n) is 7.82. The van der Waals surface area contributed by atoms with Crippen molar-refractivity contribution in [3.8, 4) is 17.1 Å². The van der Waals surface area contributed by atoms with Crippen LogP contribution in [-0.2, 0) is 11.2 Å². The molecule has 4 rings (SSSR count). The van der Waals surface area contributed by atoms with Gasteiger partial charge in [-0.3, -0.25) is 9.69 Å². The average molecular weight is 455 g/mol. The number of halogens is 1. The summed E-state index contributed by atoms with van der Waals surface area (Å²) in [6, 6.07) is 15.3. The van der Waals surface area contributed by atoms with Crippen molar-refractivity contribution in [2.45, 2.75) is 31.7 Å². The molecule has 0 bridgehead atoms. The maximum absolute atomic E-state index is 12.5. The van der Waals surface area contributed by atoms with E-state index in [2.05, 4.69) is 20.4 Å². The summed E-state index contributed by atoms with van der Waals surface area (Å²) in [6.45, 7) is 2.55. The molecule has 1 fully saturated rings. The Bertz CT molecular complexity index is 1030. The number of hydrogen-bond acceptors (Lipinski definition) is 6. The van der Waals surface area contributed by atoms with E-state index < -0.39 is 0 Å². The highest BCUT2D eigenvalue weighted by atomic mass is 35.5. The van der Waals surface area contributed by atoms with Crippen molar-refractivity contribution in [1.82, 2.24) is 20.4 Å². The normalized spacial score (nSPS) is 14.9. The van der Waals surface area contributed by atoms with Gasteiger partial charge in [0.25, 0.3) is 0 Å². The molecule has 0 spiro atoms. The van der Waals surface area contributed by atoms with E-state index in [1.165, 1.54) is 12.8 Å². The van der Waals surface area contributed by atoms with Crippen LogP contribution in [0.1, 0.15) is 36.8 Å². The van der Waals surface area contributed by atoms with Crippen LogP contribution in [0.4, 0.5) is 0 Å². The van der Waals surface area contributed by atoms with Gasteiger partial charge in [-0.15, -0.1) is 0 Å². The molecule has 32 heavy (non-hydrogen) atoms. The zero-order valence-electron chi connectivity index (χ0n) is 18.1. The first kappa shape index (κ1) is 22.3. The number of ether oxygens (including phenoxy) is 1. The number of nitrogens with one attached hydrogen (secondary N) is 1. The number of benzene rings is 2. The van der Waals surface area contributed by atoms with Gasteiger partial charge in [0, 0.05) is 30.0 Å². The summed E-state index contributed by atoms with van der Waals surface area (Å²) < 4.78 is 10.5. The van der Waals surface area contributed by atoms with Crippen molar-refractivity contribution in [3.05, 3.63) is 65.0 Å². The summed E-state index contributed by atoms with van der Waals surface area (Å²) in [6.07, 6.45) is 3.00. The highest BCUT2D eigenvalue weighted by Crippen LogP contribution is 2.29. The number of likely N-dealkylation sites (tertiary alicyclic amines) is 1. The summed E-state index contributed by atoms with van der Waals surface area (Å²) in [7, 11) is 1.62. The third-order valence-electron chi connectivity index (χ3n) is 5.72. The van der Waals surface area contributed by atoms with E-state index in [-0.39, 0.29) is 18.4 Å². The number of rotatable bonds is 9. The first-order chi connectivity index (χ1) is 15.6. The van der Waals surface area contributed by atoms with E-state index >= 15 is 0 Å². The van der Waals surface area contributed by atoms with Gasteiger partial charge in [-0.1, -0.05) is 35.0 Å². The lowest BCUT2D eigenvalue weighted by atomic mass is 10.1. The molecule has 2 aromatic carbocycles. The van der Waals surface area contributed by atoms with E-state index in [1.54, 1.807) is 7.11 Å². The molecule has 1 unspecified atom stereocenters. The Labute approximate surface area is 192 Å². The lowest BCUT2D eigenvalue weighted by Gasteiger charge is -2.29. The topological polar surface area (TPSA) is 80.5 Å². The van der Waals surface area contributed by atoms with Crippen LogP contribution in [-0.4, -0.2) is 47.7 Å². The quantitative estimate of drug-likeness (QED) is 0.519. The lowest BCUT2D eigenvalue weighted by Crippen LogP contribution is -2.37. The van der Waals surface area contributed by atoms with Crippen LogP contribution in [0.2, 0.25) is 5.02 Å². The molecule has 0 radical (unpaired) electrons. The predicted octanol–water partition coefficient (Wildman–Crippen LogP) is 4.28. The fraction of sp³-hybridized carbons (Fsp3) is 0.375. The Balaban J connectivity index is 1.32. The molecule has 8 heteroatoms. The Morgan fingerprint density at radius 2 is 1.94 bits per heavy atom. The molecule has 1 aliphatic rings. The third-order valence-corrected chi connectivity index (χ3v) is 6.06. The molecule has 168 valence electrons. The number of aromatic nitrogens is 2. The minimum atomic E-state index is -0.0505. The fourth-order valence-electron chi connectivity index (χ4n) is 3.97. The number of carbonyl (C=O) groups excluding carboxylic acids is 1. The Morgan fingerprint density at radius 1 is 1.19 bits per heavy atom. The van der Waals surface area contributed by atoms with Crippen molar-refractivity contribution < 1.29 is 14.1 Å². The molecule has 1 N–H and O–H groups in total. The van der Waals surface area contributed by atoms with Gasteiger partial charge >= 0.3 is 0 Å². The average Bonchev–Trinajstić information content (AvgIpc) is 3.52. The number of nitrogens with zero attached hydrogens (tertiary/aromatic N) is 3. The van der Waals surface area contributed by atoms with E-state index in [0.29, 0.717) is 24.7 Å². The molecule has 1 aliphatic heterocycles. The fourth-order valence-corrected chi connectivity index (χ4v) is 4.23. The van der Waals surface area contributed by atoms with Crippen LogP contribution in [0.3, 0.4) is 0 Å². The first-order valence-corrected chi connectivity index (χ1v) is 11.2. The summed E-state index contributed by atoms with van der Waals surface area (Å²) in [5.74, 6) is 1.65. The van der Waals surface area contributed by atoms with E-state index in [9.17, 15) is 4.79 Å². The molecule has 2 heterocycles. The zero-order chi connectivity index (χ0) is 22.3. The van der Waals surface area contributed by atoms with Gasteiger partial charge in [0.15, 0.2) is 0 Å². The summed E-state index contributed by atoms with van der Waals surface area (Å²) in [5, 5.41) is 7.81. The Morgan fingerprint density at radius 3 is 2.66 bits per heavy atom. The summed E-state index contributed by atoms with van der Waals surface area (Å²) in [4.78, 5) is 19.3. The van der Waals surface area contributed by atoms with Gasteiger partial charge in [0.2, 0.25) is 17.6 Å². The van der Waals surface area contributed by atoms with Gasteiger partial charge in [0.05, 0.1) is 13.2 Å². The second kappa shape index (κ2) is 10.6. The predicted molar refractivity (Wildman–Crippen MR) is 123 cm³/mol. The molecule has 1 saturated heterocycles. The highest BCUT2D eigenvalue weighted by molar-refractivity contribution is 6.31. The summed E-state index contributed by atoms with van der Waals surface area (Å²) in [5.41, 5.74) is 1.89. The molecular weight excluding hydrogens is 428 g/mol. The van der Waals surface area contributed by atoms with Crippen molar-refractivity contribution in [3.63, 3.8) is 0 Å². The van der Waals surface area contributed by atoms with Crippen LogP contribution >= 0.6 is 11.6 Å². The highest BCUT2D eigenvalue weighted by Gasteiger charge is 2.25. The molecule has 7 nitrogen and oxygen atoms in total. The molecular formula is C24H27ClN4O3. The maximum atomic E-state index is 12.5. The number of methoxy groups -OCH3 is 1. The summed E-state index contributed by atoms with van der Waals surface area (Å²) >= 11 is 6.45. The number of amides is 1.